The summed E-state index contributed by atoms with van der Waals surface area (Å²) in [5.74, 6) is -0.851. The van der Waals surface area contributed by atoms with E-state index < -0.39 is 26.5 Å². The summed E-state index contributed by atoms with van der Waals surface area (Å²) in [6, 6.07) is 0. The smallest absolute Gasteiger partial charge is 0.306 e. The van der Waals surface area contributed by atoms with Crippen LogP contribution in [0.1, 0.15) is 219 Å². The number of nitrogens with zero attached hydrogens (tertiary/aromatic N) is 1. The number of carbonyl (C=O) groups is 2. The summed E-state index contributed by atoms with van der Waals surface area (Å²) in [5.41, 5.74) is 0. The van der Waals surface area contributed by atoms with Gasteiger partial charge in [-0.25, -0.2) is 0 Å². The molecule has 0 aromatic carbocycles. The van der Waals surface area contributed by atoms with E-state index in [1.807, 2.05) is 39.4 Å². The number of likely N-dealkylation sites (N-methyl/N-ethyl adjacent to an activating group) is 1. The molecule has 0 aromatic rings. The van der Waals surface area contributed by atoms with Gasteiger partial charge in [-0.05, 0) is 32.1 Å². The van der Waals surface area contributed by atoms with Crippen LogP contribution in [0.25, 0.3) is 0 Å². The Morgan fingerprint density at radius 1 is 0.533 bits per heavy atom. The third kappa shape index (κ3) is 45.7. The lowest BCUT2D eigenvalue weighted by Crippen LogP contribution is -2.37. The number of rotatable bonds is 45. The molecule has 0 bridgehead atoms. The van der Waals surface area contributed by atoms with Crippen molar-refractivity contribution in [1.82, 2.24) is 0 Å². The second kappa shape index (κ2) is 42.5. The van der Waals surface area contributed by atoms with E-state index in [4.69, 9.17) is 18.5 Å². The molecule has 0 spiro atoms. The molecule has 0 rings (SSSR count). The average molecular weight is 868 g/mol. The zero-order valence-electron chi connectivity index (χ0n) is 39.7. The third-order valence-corrected chi connectivity index (χ3v) is 11.7. The molecular formula is C50H94NO8P. The minimum absolute atomic E-state index is 0.0345. The second-order valence-electron chi connectivity index (χ2n) is 17.9. The number of hydrogen-bond acceptors (Lipinski definition) is 8. The molecule has 352 valence electrons. The number of esters is 2. The van der Waals surface area contributed by atoms with E-state index in [0.717, 1.165) is 57.8 Å². The number of phosphoric acid groups is 1. The van der Waals surface area contributed by atoms with E-state index in [2.05, 4.69) is 32.1 Å². The molecule has 60 heavy (non-hydrogen) atoms. The highest BCUT2D eigenvalue weighted by molar-refractivity contribution is 7.45. The third-order valence-electron chi connectivity index (χ3n) is 10.7. The summed E-state index contributed by atoms with van der Waals surface area (Å²) in [6.45, 7) is 4.09. The summed E-state index contributed by atoms with van der Waals surface area (Å²) >= 11 is 0. The van der Waals surface area contributed by atoms with E-state index >= 15 is 0 Å². The zero-order chi connectivity index (χ0) is 44.3. The summed E-state index contributed by atoms with van der Waals surface area (Å²) in [7, 11) is 1.15. The van der Waals surface area contributed by atoms with E-state index in [0.29, 0.717) is 17.4 Å². The lowest BCUT2D eigenvalue weighted by molar-refractivity contribution is -0.870. The largest absolute Gasteiger partial charge is 0.756 e. The van der Waals surface area contributed by atoms with Gasteiger partial charge in [0.25, 0.3) is 7.82 Å². The van der Waals surface area contributed by atoms with Gasteiger partial charge >= 0.3 is 11.9 Å². The van der Waals surface area contributed by atoms with Crippen molar-refractivity contribution in [2.75, 3.05) is 47.5 Å². The lowest BCUT2D eigenvalue weighted by Gasteiger charge is -2.28. The maximum absolute atomic E-state index is 12.7. The van der Waals surface area contributed by atoms with Crippen molar-refractivity contribution in [3.63, 3.8) is 0 Å². The standard InChI is InChI=1S/C50H94NO8P/c1-6-8-10-12-14-16-18-20-21-22-23-24-25-26-27-28-29-31-32-34-36-38-40-42-49(52)56-46-48(47-58-60(54,55)57-45-44-51(3,4)5)59-50(53)43-41-39-37-35-33-30-19-17-15-13-11-9-7-2/h9,11,13,15,17,19,48H,6-8,10,12,14,16,18,20-47H2,1-5H3/b11-9+,15-13+,19-17+. The van der Waals surface area contributed by atoms with Crippen LogP contribution in [-0.4, -0.2) is 70.0 Å². The van der Waals surface area contributed by atoms with Crippen LogP contribution < -0.4 is 4.89 Å². The van der Waals surface area contributed by atoms with Gasteiger partial charge in [-0.3, -0.25) is 14.2 Å². The van der Waals surface area contributed by atoms with Crippen LogP contribution in [0.2, 0.25) is 0 Å². The van der Waals surface area contributed by atoms with Gasteiger partial charge < -0.3 is 27.9 Å². The highest BCUT2D eigenvalue weighted by Gasteiger charge is 2.21. The first-order chi connectivity index (χ1) is 29.0. The number of phosphoric ester groups is 1. The molecular weight excluding hydrogens is 774 g/mol. The van der Waals surface area contributed by atoms with Crippen molar-refractivity contribution >= 4 is 19.8 Å². The number of hydrogen-bond donors (Lipinski definition) is 0. The van der Waals surface area contributed by atoms with Gasteiger partial charge in [-0.1, -0.05) is 211 Å². The van der Waals surface area contributed by atoms with Gasteiger partial charge in [-0.2, -0.15) is 0 Å². The maximum Gasteiger partial charge on any atom is 0.306 e. The van der Waals surface area contributed by atoms with Crippen molar-refractivity contribution < 1.29 is 42.1 Å². The second-order valence-corrected chi connectivity index (χ2v) is 19.3. The van der Waals surface area contributed by atoms with E-state index in [-0.39, 0.29) is 32.0 Å². The molecule has 0 amide bonds. The fraction of sp³-hybridized carbons (Fsp3) is 0.840. The predicted octanol–water partition coefficient (Wildman–Crippen LogP) is 13.8. The predicted molar refractivity (Wildman–Crippen MR) is 250 cm³/mol. The topological polar surface area (TPSA) is 111 Å². The molecule has 0 aliphatic heterocycles. The highest BCUT2D eigenvalue weighted by atomic mass is 31.2. The maximum atomic E-state index is 12.7. The fourth-order valence-electron chi connectivity index (χ4n) is 6.89. The Hall–Kier alpha value is -1.77. The van der Waals surface area contributed by atoms with E-state index in [1.165, 1.54) is 128 Å². The molecule has 0 aliphatic rings. The Bertz CT molecular complexity index is 1120. The SMILES string of the molecule is CC/C=C/C=C/C=C/CCCCCCCC(=O)OC(COC(=O)CCCCCCCCCCCCCCCCCCCCCCCCC)COP(=O)([O-])OCC[N+](C)(C)C. The Kier molecular flexibility index (Phi) is 41.3. The van der Waals surface area contributed by atoms with E-state index in [9.17, 15) is 19.0 Å². The summed E-state index contributed by atoms with van der Waals surface area (Å²) < 4.78 is 33.9. The molecule has 0 saturated heterocycles. The van der Waals surface area contributed by atoms with Crippen LogP contribution in [0, 0.1) is 0 Å². The van der Waals surface area contributed by atoms with Gasteiger partial charge in [0.1, 0.15) is 19.8 Å². The van der Waals surface area contributed by atoms with Gasteiger partial charge in [0.05, 0.1) is 27.7 Å². The molecule has 10 heteroatoms. The molecule has 2 unspecified atom stereocenters. The normalized spacial score (nSPS) is 13.8. The van der Waals surface area contributed by atoms with Crippen molar-refractivity contribution in [2.24, 2.45) is 0 Å². The van der Waals surface area contributed by atoms with E-state index in [1.54, 1.807) is 0 Å². The minimum Gasteiger partial charge on any atom is -0.756 e. The number of quaternary nitrogens is 1. The molecule has 0 heterocycles. The van der Waals surface area contributed by atoms with Crippen LogP contribution in [0.5, 0.6) is 0 Å². The molecule has 0 aromatic heterocycles. The number of allylic oxidation sites excluding steroid dienone is 6. The summed E-state index contributed by atoms with van der Waals surface area (Å²) in [6.07, 6.45) is 49.0. The first kappa shape index (κ1) is 58.2. The van der Waals surface area contributed by atoms with Crippen molar-refractivity contribution in [1.29, 1.82) is 0 Å². The Balaban J connectivity index is 4.17. The molecule has 0 radical (unpaired) electrons. The Morgan fingerprint density at radius 3 is 1.40 bits per heavy atom. The van der Waals surface area contributed by atoms with Gasteiger partial charge in [0.15, 0.2) is 6.10 Å². The monoisotopic (exact) mass is 868 g/mol. The van der Waals surface area contributed by atoms with Crippen molar-refractivity contribution in [2.45, 2.75) is 225 Å². The Labute approximate surface area is 370 Å². The summed E-state index contributed by atoms with van der Waals surface area (Å²) in [5, 5.41) is 0. The average Bonchev–Trinajstić information content (AvgIpc) is 3.20. The lowest BCUT2D eigenvalue weighted by atomic mass is 10.0. The van der Waals surface area contributed by atoms with Crippen molar-refractivity contribution in [3.05, 3.63) is 36.5 Å². The number of unbranched alkanes of at least 4 members (excludes halogenated alkanes) is 27. The molecule has 2 atom stereocenters. The quantitative estimate of drug-likeness (QED) is 0.0196. The number of carbonyl (C=O) groups excluding carboxylic acids is 2. The first-order valence-electron chi connectivity index (χ1n) is 24.7. The highest BCUT2D eigenvalue weighted by Crippen LogP contribution is 2.38. The van der Waals surface area contributed by atoms with Crippen LogP contribution in [0.3, 0.4) is 0 Å². The molecule has 0 saturated carbocycles. The van der Waals surface area contributed by atoms with Crippen molar-refractivity contribution in [3.8, 4) is 0 Å². The van der Waals surface area contributed by atoms with Gasteiger partial charge in [-0.15, -0.1) is 0 Å². The molecule has 0 aliphatic carbocycles. The zero-order valence-corrected chi connectivity index (χ0v) is 40.6. The van der Waals surface area contributed by atoms with Crippen LogP contribution in [-0.2, 0) is 32.7 Å². The molecule has 0 N–H and O–H groups in total. The minimum atomic E-state index is -4.63. The first-order valence-corrected chi connectivity index (χ1v) is 26.2. The molecule has 9 nitrogen and oxygen atoms in total. The summed E-state index contributed by atoms with van der Waals surface area (Å²) in [4.78, 5) is 37.6. The van der Waals surface area contributed by atoms with Crippen LogP contribution in [0.4, 0.5) is 0 Å². The number of ether oxygens (including phenoxy) is 2. The van der Waals surface area contributed by atoms with Crippen LogP contribution in [0.15, 0.2) is 36.5 Å². The molecule has 0 fully saturated rings. The van der Waals surface area contributed by atoms with Gasteiger partial charge in [0.2, 0.25) is 0 Å². The fourth-order valence-corrected chi connectivity index (χ4v) is 7.62. The Morgan fingerprint density at radius 2 is 0.950 bits per heavy atom. The van der Waals surface area contributed by atoms with Gasteiger partial charge in [0, 0.05) is 12.8 Å². The van der Waals surface area contributed by atoms with Crippen LogP contribution >= 0.6 is 7.82 Å².